The van der Waals surface area contributed by atoms with E-state index in [2.05, 4.69) is 22.4 Å². The molecule has 144 valence electrons. The summed E-state index contributed by atoms with van der Waals surface area (Å²) in [5.74, 6) is -0.0663. The van der Waals surface area contributed by atoms with Crippen molar-refractivity contribution in [2.75, 3.05) is 0 Å². The second-order valence-corrected chi connectivity index (χ2v) is 7.49. The monoisotopic (exact) mass is 375 g/mol. The number of carbonyl (C=O) groups excluding carboxylic acids is 2. The third kappa shape index (κ3) is 3.98. The molecule has 1 aromatic carbocycles. The van der Waals surface area contributed by atoms with Gasteiger partial charge in [-0.15, -0.1) is 0 Å². The van der Waals surface area contributed by atoms with E-state index >= 15 is 0 Å². The predicted molar refractivity (Wildman–Crippen MR) is 107 cm³/mol. The van der Waals surface area contributed by atoms with Gasteiger partial charge >= 0.3 is 0 Å². The molecule has 1 saturated carbocycles. The number of aromatic nitrogens is 1. The first-order chi connectivity index (χ1) is 13.7. The molecule has 0 spiro atoms. The van der Waals surface area contributed by atoms with Crippen molar-refractivity contribution in [3.8, 4) is 0 Å². The Morgan fingerprint density at radius 1 is 1.07 bits per heavy atom. The van der Waals surface area contributed by atoms with Crippen molar-refractivity contribution in [2.45, 2.75) is 51.2 Å². The molecule has 4 rings (SSSR count). The molecule has 2 heterocycles. The quantitative estimate of drug-likeness (QED) is 0.842. The van der Waals surface area contributed by atoms with Gasteiger partial charge in [-0.25, -0.2) is 0 Å². The summed E-state index contributed by atoms with van der Waals surface area (Å²) in [4.78, 5) is 31.6. The maximum absolute atomic E-state index is 13.2. The Balaban J connectivity index is 1.45. The van der Waals surface area contributed by atoms with Gasteiger partial charge in [0.25, 0.3) is 5.91 Å². The molecule has 0 bridgehead atoms. The Labute approximate surface area is 165 Å². The molecule has 1 atom stereocenters. The summed E-state index contributed by atoms with van der Waals surface area (Å²) in [6.45, 7) is 1.06. The number of hydrogen-bond donors (Lipinski definition) is 1. The van der Waals surface area contributed by atoms with Crippen LogP contribution < -0.4 is 5.32 Å². The van der Waals surface area contributed by atoms with Crippen molar-refractivity contribution in [1.29, 1.82) is 0 Å². The molecule has 1 aromatic heterocycles. The summed E-state index contributed by atoms with van der Waals surface area (Å²) in [6.07, 6.45) is 7.74. The number of hydrogen-bond acceptors (Lipinski definition) is 3. The van der Waals surface area contributed by atoms with Crippen LogP contribution in [0.25, 0.3) is 0 Å². The second-order valence-electron chi connectivity index (χ2n) is 7.49. The topological polar surface area (TPSA) is 62.3 Å². The van der Waals surface area contributed by atoms with Crippen LogP contribution >= 0.6 is 0 Å². The lowest BCUT2D eigenvalue weighted by Gasteiger charge is -2.30. The van der Waals surface area contributed by atoms with E-state index in [1.165, 1.54) is 5.57 Å². The van der Waals surface area contributed by atoms with Crippen molar-refractivity contribution >= 4 is 11.8 Å². The minimum atomic E-state index is -0.0986. The SMILES string of the molecule is O=C(CC1=C2CCCCC2N(Cc2ccccc2)C1=O)NCc1ccncc1. The second kappa shape index (κ2) is 8.38. The lowest BCUT2D eigenvalue weighted by atomic mass is 9.88. The predicted octanol–water partition coefficient (Wildman–Crippen LogP) is 3.37. The molecule has 0 saturated heterocycles. The highest BCUT2D eigenvalue weighted by atomic mass is 16.2. The Bertz CT molecular complexity index is 877. The van der Waals surface area contributed by atoms with E-state index < -0.39 is 0 Å². The molecule has 1 N–H and O–H groups in total. The van der Waals surface area contributed by atoms with Crippen LogP contribution in [0.3, 0.4) is 0 Å². The van der Waals surface area contributed by atoms with Gasteiger partial charge in [-0.05, 0) is 48.1 Å². The maximum Gasteiger partial charge on any atom is 0.251 e. The zero-order valence-corrected chi connectivity index (χ0v) is 15.9. The Kier molecular flexibility index (Phi) is 5.51. The fourth-order valence-corrected chi connectivity index (χ4v) is 4.22. The first-order valence-corrected chi connectivity index (χ1v) is 9.95. The van der Waals surface area contributed by atoms with Gasteiger partial charge in [0.1, 0.15) is 0 Å². The van der Waals surface area contributed by atoms with Crippen LogP contribution in [-0.4, -0.2) is 27.7 Å². The highest BCUT2D eigenvalue weighted by Gasteiger charge is 2.40. The van der Waals surface area contributed by atoms with Crippen LogP contribution in [0.2, 0.25) is 0 Å². The number of rotatable bonds is 6. The van der Waals surface area contributed by atoms with Crippen LogP contribution in [0.1, 0.15) is 43.2 Å². The van der Waals surface area contributed by atoms with Gasteiger partial charge in [0.15, 0.2) is 0 Å². The summed E-state index contributed by atoms with van der Waals surface area (Å²) in [5, 5.41) is 2.93. The summed E-state index contributed by atoms with van der Waals surface area (Å²) >= 11 is 0. The van der Waals surface area contributed by atoms with Crippen molar-refractivity contribution in [3.05, 3.63) is 77.1 Å². The molecule has 2 aromatic rings. The van der Waals surface area contributed by atoms with Crippen molar-refractivity contribution in [1.82, 2.24) is 15.2 Å². The van der Waals surface area contributed by atoms with Crippen molar-refractivity contribution < 1.29 is 9.59 Å². The minimum absolute atomic E-state index is 0.0322. The highest BCUT2D eigenvalue weighted by molar-refractivity contribution is 6.02. The summed E-state index contributed by atoms with van der Waals surface area (Å²) < 4.78 is 0. The van der Waals surface area contributed by atoms with Gasteiger partial charge in [-0.2, -0.15) is 0 Å². The van der Waals surface area contributed by atoms with E-state index in [1.54, 1.807) is 12.4 Å². The molecule has 5 nitrogen and oxygen atoms in total. The third-order valence-electron chi connectivity index (χ3n) is 5.63. The Hall–Kier alpha value is -2.95. The zero-order valence-electron chi connectivity index (χ0n) is 15.9. The molecule has 0 radical (unpaired) electrons. The van der Waals surface area contributed by atoms with Gasteiger partial charge in [-0.1, -0.05) is 36.8 Å². The Morgan fingerprint density at radius 3 is 2.64 bits per heavy atom. The minimum Gasteiger partial charge on any atom is -0.352 e. The fraction of sp³-hybridized carbons (Fsp3) is 0.348. The molecule has 5 heteroatoms. The molecular weight excluding hydrogens is 350 g/mol. The van der Waals surface area contributed by atoms with Crippen molar-refractivity contribution in [2.24, 2.45) is 0 Å². The third-order valence-corrected chi connectivity index (χ3v) is 5.63. The lowest BCUT2D eigenvalue weighted by molar-refractivity contribution is -0.129. The van der Waals surface area contributed by atoms with Crippen LogP contribution in [0.15, 0.2) is 66.0 Å². The van der Waals surface area contributed by atoms with Crippen LogP contribution in [0.5, 0.6) is 0 Å². The van der Waals surface area contributed by atoms with E-state index in [0.29, 0.717) is 18.7 Å². The van der Waals surface area contributed by atoms with Crippen LogP contribution in [0.4, 0.5) is 0 Å². The van der Waals surface area contributed by atoms with E-state index in [9.17, 15) is 9.59 Å². The van der Waals surface area contributed by atoms with E-state index in [4.69, 9.17) is 0 Å². The van der Waals surface area contributed by atoms with E-state index in [1.807, 2.05) is 35.2 Å². The summed E-state index contributed by atoms with van der Waals surface area (Å²) in [7, 11) is 0. The highest BCUT2D eigenvalue weighted by Crippen LogP contribution is 2.38. The summed E-state index contributed by atoms with van der Waals surface area (Å²) in [5.41, 5.74) is 4.03. The Morgan fingerprint density at radius 2 is 1.86 bits per heavy atom. The summed E-state index contributed by atoms with van der Waals surface area (Å²) in [6, 6.07) is 14.0. The average Bonchev–Trinajstić information content (AvgIpc) is 3.00. The number of carbonyl (C=O) groups is 2. The zero-order chi connectivity index (χ0) is 19.3. The number of fused-ring (bicyclic) bond motifs is 1. The molecule has 1 unspecified atom stereocenters. The molecule has 1 aliphatic heterocycles. The van der Waals surface area contributed by atoms with Crippen LogP contribution in [0, 0.1) is 0 Å². The molecule has 2 aliphatic rings. The average molecular weight is 375 g/mol. The van der Waals surface area contributed by atoms with Gasteiger partial charge in [0.2, 0.25) is 5.91 Å². The molecular formula is C23H25N3O2. The number of amides is 2. The standard InChI is InChI=1S/C23H25N3O2/c27-22(25-15-17-10-12-24-13-11-17)14-20-19-8-4-5-9-21(19)26(23(20)28)16-18-6-2-1-3-7-18/h1-3,6-7,10-13,21H,4-5,8-9,14-16H2,(H,25,27). The van der Waals surface area contributed by atoms with Gasteiger partial charge in [0, 0.05) is 31.1 Å². The van der Waals surface area contributed by atoms with E-state index in [0.717, 1.165) is 36.8 Å². The fourth-order valence-electron chi connectivity index (χ4n) is 4.22. The van der Waals surface area contributed by atoms with Gasteiger partial charge in [-0.3, -0.25) is 14.6 Å². The first-order valence-electron chi connectivity index (χ1n) is 9.95. The van der Waals surface area contributed by atoms with Gasteiger partial charge in [0.05, 0.1) is 12.5 Å². The largest absolute Gasteiger partial charge is 0.352 e. The van der Waals surface area contributed by atoms with Gasteiger partial charge < -0.3 is 10.2 Å². The van der Waals surface area contributed by atoms with Crippen LogP contribution in [-0.2, 0) is 22.7 Å². The first kappa shape index (κ1) is 18.4. The van der Waals surface area contributed by atoms with Crippen molar-refractivity contribution in [3.63, 3.8) is 0 Å². The maximum atomic E-state index is 13.2. The number of benzene rings is 1. The molecule has 28 heavy (non-hydrogen) atoms. The number of pyridine rings is 1. The van der Waals surface area contributed by atoms with E-state index in [-0.39, 0.29) is 24.3 Å². The molecule has 1 aliphatic carbocycles. The lowest BCUT2D eigenvalue weighted by Crippen LogP contribution is -2.36. The molecule has 1 fully saturated rings. The normalized spacial score (nSPS) is 18.9. The number of nitrogens with one attached hydrogen (secondary N) is 1. The molecule has 2 amide bonds. The number of nitrogens with zero attached hydrogens (tertiary/aromatic N) is 2. The smallest absolute Gasteiger partial charge is 0.251 e.